The van der Waals surface area contributed by atoms with Crippen molar-refractivity contribution in [1.29, 1.82) is 0 Å². The molecule has 0 aliphatic carbocycles. The number of halogens is 6. The van der Waals surface area contributed by atoms with E-state index in [4.69, 9.17) is 11.6 Å². The lowest BCUT2D eigenvalue weighted by Crippen LogP contribution is -2.05. The third kappa shape index (κ3) is 2.73. The second kappa shape index (κ2) is 2.12. The Bertz CT molecular complexity index is 325. The minimum absolute atomic E-state index is 0.0226. The van der Waals surface area contributed by atoms with Gasteiger partial charge in [-0.15, -0.1) is 0 Å². The summed E-state index contributed by atoms with van der Waals surface area (Å²) in [5, 5.41) is -0.0226. The van der Waals surface area contributed by atoms with Gasteiger partial charge in [-0.3, -0.25) is 0 Å². The molecule has 13 heavy (non-hydrogen) atoms. The lowest BCUT2D eigenvalue weighted by molar-refractivity contribution is 0.364. The number of rotatable bonds is 1. The number of hydrogen-bond donors (Lipinski definition) is 0. The van der Waals surface area contributed by atoms with E-state index in [2.05, 4.69) is 0 Å². The van der Waals surface area contributed by atoms with Crippen molar-refractivity contribution >= 4 is 21.8 Å². The fourth-order valence-electron chi connectivity index (χ4n) is 0.692. The van der Waals surface area contributed by atoms with Gasteiger partial charge in [0.05, 0.1) is 0 Å². The van der Waals surface area contributed by atoms with Gasteiger partial charge in [0.25, 0.3) is 0 Å². The molecule has 0 spiro atoms. The number of benzene rings is 1. The summed E-state index contributed by atoms with van der Waals surface area (Å²) in [6.07, 6.45) is 0. The van der Waals surface area contributed by atoms with E-state index in [1.54, 1.807) is 0 Å². The maximum absolute atomic E-state index is 12.0. The zero-order valence-electron chi connectivity index (χ0n) is 5.99. The summed E-state index contributed by atoms with van der Waals surface area (Å²) in [5.74, 6) is 0. The van der Waals surface area contributed by atoms with Gasteiger partial charge < -0.3 is 0 Å². The molecule has 0 fully saturated rings. The maximum Gasteiger partial charge on any atom is 0.310 e. The third-order valence-electron chi connectivity index (χ3n) is 1.26. The van der Waals surface area contributed by atoms with Crippen molar-refractivity contribution in [3.05, 3.63) is 29.3 Å². The average Bonchev–Trinajstić information content (AvgIpc) is 1.82. The Morgan fingerprint density at radius 1 is 0.846 bits per heavy atom. The first-order valence-corrected chi connectivity index (χ1v) is 5.32. The molecule has 0 amide bonds. The van der Waals surface area contributed by atoms with Gasteiger partial charge in [0, 0.05) is 5.02 Å². The van der Waals surface area contributed by atoms with Crippen molar-refractivity contribution in [3.8, 4) is 0 Å². The van der Waals surface area contributed by atoms with Gasteiger partial charge in [-0.05, 0) is 24.3 Å². The van der Waals surface area contributed by atoms with E-state index in [9.17, 15) is 19.4 Å². The molecular formula is C6H4ClF5S. The molecule has 0 bridgehead atoms. The van der Waals surface area contributed by atoms with Gasteiger partial charge in [-0.1, -0.05) is 31.0 Å². The van der Waals surface area contributed by atoms with Crippen LogP contribution < -0.4 is 0 Å². The van der Waals surface area contributed by atoms with E-state index in [0.717, 1.165) is 12.1 Å². The first kappa shape index (κ1) is 10.6. The largest absolute Gasteiger partial charge is 0.310 e. The lowest BCUT2D eigenvalue weighted by Gasteiger charge is -2.40. The highest BCUT2D eigenvalue weighted by atomic mass is 35.5. The molecular weight excluding hydrogens is 235 g/mol. The Hall–Kier alpha value is -0.490. The molecule has 0 aliphatic rings. The molecule has 0 saturated heterocycles. The zero-order valence-corrected chi connectivity index (χ0v) is 7.56. The van der Waals surface area contributed by atoms with Crippen molar-refractivity contribution in [2.45, 2.75) is 4.90 Å². The Kier molecular flexibility index (Phi) is 1.72. The molecule has 0 atom stereocenters. The number of hydrogen-bond acceptors (Lipinski definition) is 0. The zero-order chi connectivity index (χ0) is 10.4. The SMILES string of the molecule is FS(F)(F)(F)(F)c1ccc(Cl)cc1. The molecule has 0 unspecified atom stereocenters. The summed E-state index contributed by atoms with van der Waals surface area (Å²) >= 11 is 5.25. The molecule has 7 heteroatoms. The third-order valence-corrected chi connectivity index (χ3v) is 2.67. The molecule has 0 N–H and O–H groups in total. The van der Waals surface area contributed by atoms with Crippen molar-refractivity contribution in [2.24, 2.45) is 0 Å². The maximum atomic E-state index is 12.0. The van der Waals surface area contributed by atoms with Crippen molar-refractivity contribution < 1.29 is 19.4 Å². The molecule has 1 aromatic carbocycles. The predicted molar refractivity (Wildman–Crippen MR) is 42.8 cm³/mol. The summed E-state index contributed by atoms with van der Waals surface area (Å²) in [6, 6.07) is 2.08. The minimum Gasteiger partial charge on any atom is -0.0936 e. The van der Waals surface area contributed by atoms with E-state index in [1.165, 1.54) is 0 Å². The van der Waals surface area contributed by atoms with Crippen LogP contribution in [0.2, 0.25) is 5.02 Å². The quantitative estimate of drug-likeness (QED) is 0.604. The van der Waals surface area contributed by atoms with Gasteiger partial charge in [-0.2, -0.15) is 0 Å². The first-order chi connectivity index (χ1) is 5.49. The molecule has 0 radical (unpaired) electrons. The topological polar surface area (TPSA) is 0 Å². The molecule has 1 aromatic rings. The average molecular weight is 239 g/mol. The second-order valence-electron chi connectivity index (χ2n) is 2.42. The van der Waals surface area contributed by atoms with Crippen LogP contribution in [0.4, 0.5) is 19.4 Å². The van der Waals surface area contributed by atoms with Crippen molar-refractivity contribution in [1.82, 2.24) is 0 Å². The fourth-order valence-corrected chi connectivity index (χ4v) is 1.47. The van der Waals surface area contributed by atoms with Crippen LogP contribution in [0.3, 0.4) is 0 Å². The van der Waals surface area contributed by atoms with Gasteiger partial charge in [0.2, 0.25) is 0 Å². The van der Waals surface area contributed by atoms with Gasteiger partial charge >= 0.3 is 10.2 Å². The summed E-state index contributed by atoms with van der Waals surface area (Å²) in [5.41, 5.74) is 0. The Morgan fingerprint density at radius 3 is 1.54 bits per heavy atom. The van der Waals surface area contributed by atoms with Crippen LogP contribution in [0.5, 0.6) is 0 Å². The summed E-state index contributed by atoms with van der Waals surface area (Å²) in [7, 11) is -9.51. The minimum atomic E-state index is -9.51. The highest BCUT2D eigenvalue weighted by molar-refractivity contribution is 8.45. The van der Waals surface area contributed by atoms with E-state index in [-0.39, 0.29) is 17.2 Å². The molecule has 0 heterocycles. The van der Waals surface area contributed by atoms with E-state index in [0.29, 0.717) is 0 Å². The molecule has 1 rings (SSSR count). The smallest absolute Gasteiger partial charge is 0.0936 e. The van der Waals surface area contributed by atoms with Crippen LogP contribution in [0, 0.1) is 0 Å². The molecule has 0 aromatic heterocycles. The van der Waals surface area contributed by atoms with Crippen LogP contribution in [-0.2, 0) is 0 Å². The predicted octanol–water partition coefficient (Wildman–Crippen LogP) is 5.00. The van der Waals surface area contributed by atoms with Gasteiger partial charge in [-0.25, -0.2) is 0 Å². The Balaban J connectivity index is 3.34. The lowest BCUT2D eigenvalue weighted by atomic mass is 10.4. The Labute approximate surface area is 76.0 Å². The standard InChI is InChI=1S/C6H4ClF5S/c7-5-1-3-6(4-2-5)13(8,9,10,11)12/h1-4H. The first-order valence-electron chi connectivity index (χ1n) is 2.99. The van der Waals surface area contributed by atoms with E-state index in [1.807, 2.05) is 0 Å². The molecule has 0 aliphatic heterocycles. The molecule has 0 nitrogen and oxygen atoms in total. The van der Waals surface area contributed by atoms with Crippen LogP contribution in [0.25, 0.3) is 0 Å². The molecule has 76 valence electrons. The van der Waals surface area contributed by atoms with Crippen molar-refractivity contribution in [3.63, 3.8) is 0 Å². The normalized spacial score (nSPS) is 17.7. The summed E-state index contributed by atoms with van der Waals surface area (Å²) in [6.45, 7) is 0. The van der Waals surface area contributed by atoms with Crippen LogP contribution in [0.15, 0.2) is 29.2 Å². The van der Waals surface area contributed by atoms with Crippen LogP contribution in [-0.4, -0.2) is 0 Å². The van der Waals surface area contributed by atoms with E-state index >= 15 is 0 Å². The Morgan fingerprint density at radius 2 is 1.23 bits per heavy atom. The van der Waals surface area contributed by atoms with Crippen LogP contribution in [0.1, 0.15) is 0 Å². The fraction of sp³-hybridized carbons (Fsp3) is 0. The highest BCUT2D eigenvalue weighted by Crippen LogP contribution is 3.02. The monoisotopic (exact) mass is 238 g/mol. The van der Waals surface area contributed by atoms with Gasteiger partial charge in [0.15, 0.2) is 0 Å². The second-order valence-corrected chi connectivity index (χ2v) is 5.27. The van der Waals surface area contributed by atoms with Gasteiger partial charge in [0.1, 0.15) is 4.90 Å². The summed E-state index contributed by atoms with van der Waals surface area (Å²) < 4.78 is 60.2. The molecule has 0 saturated carbocycles. The summed E-state index contributed by atoms with van der Waals surface area (Å²) in [4.78, 5) is -1.93. The van der Waals surface area contributed by atoms with E-state index < -0.39 is 15.1 Å². The van der Waals surface area contributed by atoms with Crippen LogP contribution >= 0.6 is 21.8 Å². The van der Waals surface area contributed by atoms with Crippen molar-refractivity contribution in [2.75, 3.05) is 0 Å². The highest BCUT2D eigenvalue weighted by Gasteiger charge is 2.65.